The molecule has 0 amide bonds. The molecular weight excluding hydrogens is 404 g/mol. The average molecular weight is 437 g/mol. The smallest absolute Gasteiger partial charge is 0.166 e. The van der Waals surface area contributed by atoms with Gasteiger partial charge in [-0.1, -0.05) is 0 Å². The van der Waals surface area contributed by atoms with Crippen molar-refractivity contribution in [1.82, 2.24) is 19.8 Å². The number of hydrogen-bond acceptors (Lipinski definition) is 8. The predicted octanol–water partition coefficient (Wildman–Crippen LogP) is 1.89. The first-order chi connectivity index (χ1) is 15.7. The Balaban J connectivity index is 1.24. The fraction of sp³-hybridized carbons (Fsp3) is 0.625. The van der Waals surface area contributed by atoms with E-state index in [2.05, 4.69) is 37.7 Å². The molecule has 32 heavy (non-hydrogen) atoms. The van der Waals surface area contributed by atoms with Crippen molar-refractivity contribution >= 4 is 16.6 Å². The fourth-order valence-electron chi connectivity index (χ4n) is 5.43. The number of aromatic nitrogens is 2. The van der Waals surface area contributed by atoms with Crippen LogP contribution in [-0.2, 0) is 9.47 Å². The molecule has 8 heteroatoms. The lowest BCUT2D eigenvalue weighted by Gasteiger charge is -2.43. The number of ether oxygens (including phenoxy) is 2. The number of piperidine rings is 1. The first-order valence-electron chi connectivity index (χ1n) is 11.8. The largest absolute Gasteiger partial charge is 0.379 e. The zero-order valence-electron chi connectivity index (χ0n) is 18.8. The number of rotatable bonds is 4. The minimum atomic E-state index is 0.141. The molecule has 3 fully saturated rings. The quantitative estimate of drug-likeness (QED) is 0.719. The lowest BCUT2D eigenvalue weighted by Crippen LogP contribution is -2.53. The Morgan fingerprint density at radius 1 is 1.12 bits per heavy atom. The third-order valence-electron chi connectivity index (χ3n) is 6.98. The summed E-state index contributed by atoms with van der Waals surface area (Å²) in [5.41, 5.74) is 2.09. The number of anilines is 1. The highest BCUT2D eigenvalue weighted by molar-refractivity contribution is 5.93. The van der Waals surface area contributed by atoms with Crippen molar-refractivity contribution in [3.8, 4) is 6.07 Å². The molecule has 0 bridgehead atoms. The van der Waals surface area contributed by atoms with E-state index in [-0.39, 0.29) is 12.2 Å². The number of likely N-dealkylation sites (tertiary alicyclic amines) is 1. The molecule has 5 heterocycles. The number of nitrogens with zero attached hydrogens (tertiary/aromatic N) is 6. The van der Waals surface area contributed by atoms with Crippen molar-refractivity contribution in [2.45, 2.75) is 38.0 Å². The van der Waals surface area contributed by atoms with Gasteiger partial charge in [0.25, 0.3) is 0 Å². The first-order valence-corrected chi connectivity index (χ1v) is 11.8. The van der Waals surface area contributed by atoms with Gasteiger partial charge < -0.3 is 19.3 Å². The molecule has 3 aliphatic heterocycles. The third-order valence-corrected chi connectivity index (χ3v) is 6.98. The topological polar surface area (TPSA) is 77.8 Å². The van der Waals surface area contributed by atoms with Gasteiger partial charge >= 0.3 is 0 Å². The second kappa shape index (κ2) is 9.67. The van der Waals surface area contributed by atoms with Gasteiger partial charge in [0.05, 0.1) is 37.3 Å². The Morgan fingerprint density at radius 2 is 1.94 bits per heavy atom. The van der Waals surface area contributed by atoms with Gasteiger partial charge in [-0.2, -0.15) is 5.26 Å². The average Bonchev–Trinajstić information content (AvgIpc) is 2.84. The van der Waals surface area contributed by atoms with Crippen LogP contribution in [0.3, 0.4) is 0 Å². The van der Waals surface area contributed by atoms with Crippen LogP contribution in [0.1, 0.15) is 25.5 Å². The van der Waals surface area contributed by atoms with E-state index in [1.54, 1.807) is 6.20 Å². The molecule has 3 saturated heterocycles. The van der Waals surface area contributed by atoms with E-state index < -0.39 is 0 Å². The van der Waals surface area contributed by atoms with Gasteiger partial charge in [-0.05, 0) is 45.0 Å². The summed E-state index contributed by atoms with van der Waals surface area (Å²) in [6.07, 6.45) is 6.29. The maximum absolute atomic E-state index is 9.40. The highest BCUT2D eigenvalue weighted by Gasteiger charge is 2.31. The second-order valence-corrected chi connectivity index (χ2v) is 9.16. The first kappa shape index (κ1) is 21.5. The van der Waals surface area contributed by atoms with Gasteiger partial charge in [-0.15, -0.1) is 0 Å². The van der Waals surface area contributed by atoms with E-state index in [1.165, 1.54) is 12.8 Å². The number of hydrogen-bond donors (Lipinski definition) is 0. The summed E-state index contributed by atoms with van der Waals surface area (Å²) < 4.78 is 11.9. The molecule has 170 valence electrons. The summed E-state index contributed by atoms with van der Waals surface area (Å²) in [5, 5.41) is 10.4. The molecule has 0 aromatic carbocycles. The van der Waals surface area contributed by atoms with Gasteiger partial charge in [-0.25, -0.2) is 4.98 Å². The molecule has 0 aliphatic carbocycles. The molecule has 0 radical (unpaired) electrons. The highest BCUT2D eigenvalue weighted by Crippen LogP contribution is 2.29. The summed E-state index contributed by atoms with van der Waals surface area (Å²) in [4.78, 5) is 16.3. The number of fused-ring (bicyclic) bond motifs is 1. The van der Waals surface area contributed by atoms with Crippen LogP contribution in [0.5, 0.6) is 0 Å². The second-order valence-electron chi connectivity index (χ2n) is 9.16. The van der Waals surface area contributed by atoms with E-state index >= 15 is 0 Å². The van der Waals surface area contributed by atoms with Crippen molar-refractivity contribution in [3.63, 3.8) is 0 Å². The van der Waals surface area contributed by atoms with Crippen LogP contribution in [0, 0.1) is 11.3 Å². The van der Waals surface area contributed by atoms with Gasteiger partial charge in [0.15, 0.2) is 5.69 Å². The van der Waals surface area contributed by atoms with Crippen LogP contribution in [0.15, 0.2) is 24.5 Å². The Hall–Kier alpha value is -2.31. The van der Waals surface area contributed by atoms with E-state index in [4.69, 9.17) is 9.47 Å². The standard InChI is InChI=1S/C24H32N6O2/c1-18-15-30(23-14-27-22(13-25)24-21(23)3-2-6-26-24)17-20(32-18)16-28-7-4-19(5-8-28)29-9-11-31-12-10-29/h2-3,6,14,18-20H,4-5,7-12,15-17H2,1H3/t18-,20+/m1/s1. The summed E-state index contributed by atoms with van der Waals surface area (Å²) in [7, 11) is 0. The monoisotopic (exact) mass is 436 g/mol. The molecule has 0 unspecified atom stereocenters. The molecule has 2 atom stereocenters. The van der Waals surface area contributed by atoms with E-state index in [0.717, 1.165) is 70.1 Å². The molecule has 0 spiro atoms. The maximum atomic E-state index is 9.40. The molecule has 5 rings (SSSR count). The predicted molar refractivity (Wildman–Crippen MR) is 123 cm³/mol. The Kier molecular flexibility index (Phi) is 6.51. The minimum Gasteiger partial charge on any atom is -0.379 e. The van der Waals surface area contributed by atoms with Gasteiger partial charge in [-0.3, -0.25) is 9.88 Å². The van der Waals surface area contributed by atoms with Crippen molar-refractivity contribution < 1.29 is 9.47 Å². The molecule has 0 saturated carbocycles. The number of pyridine rings is 2. The molecule has 2 aromatic heterocycles. The maximum Gasteiger partial charge on any atom is 0.166 e. The van der Waals surface area contributed by atoms with Crippen LogP contribution < -0.4 is 4.90 Å². The van der Waals surface area contributed by atoms with Gasteiger partial charge in [0.1, 0.15) is 11.6 Å². The normalized spacial score (nSPS) is 26.3. The summed E-state index contributed by atoms with van der Waals surface area (Å²) in [6.45, 7) is 10.9. The van der Waals surface area contributed by atoms with Crippen LogP contribution in [0.25, 0.3) is 10.9 Å². The minimum absolute atomic E-state index is 0.141. The number of morpholine rings is 2. The Bertz CT molecular complexity index is 965. The SMILES string of the molecule is C[C@@H]1CN(c2cnc(C#N)c3ncccc23)C[C@H](CN2CCC(N3CCOCC3)CC2)O1. The van der Waals surface area contributed by atoms with Crippen molar-refractivity contribution in [1.29, 1.82) is 5.26 Å². The van der Waals surface area contributed by atoms with E-state index in [1.807, 2.05) is 18.3 Å². The van der Waals surface area contributed by atoms with Crippen LogP contribution in [0.2, 0.25) is 0 Å². The summed E-state index contributed by atoms with van der Waals surface area (Å²) in [5.74, 6) is 0. The Labute approximate surface area is 189 Å². The van der Waals surface area contributed by atoms with E-state index in [9.17, 15) is 5.26 Å². The number of nitriles is 1. The molecular formula is C24H32N6O2. The molecule has 0 N–H and O–H groups in total. The van der Waals surface area contributed by atoms with Crippen molar-refractivity contribution in [3.05, 3.63) is 30.2 Å². The molecule has 8 nitrogen and oxygen atoms in total. The van der Waals surface area contributed by atoms with Gasteiger partial charge in [0, 0.05) is 50.3 Å². The van der Waals surface area contributed by atoms with Crippen LogP contribution in [0.4, 0.5) is 5.69 Å². The molecule has 2 aromatic rings. The highest BCUT2D eigenvalue weighted by atomic mass is 16.5. The zero-order chi connectivity index (χ0) is 21.9. The summed E-state index contributed by atoms with van der Waals surface area (Å²) in [6, 6.07) is 6.82. The third kappa shape index (κ3) is 4.57. The van der Waals surface area contributed by atoms with Crippen molar-refractivity contribution in [2.75, 3.05) is 63.9 Å². The van der Waals surface area contributed by atoms with E-state index in [0.29, 0.717) is 17.3 Å². The molecule has 3 aliphatic rings. The van der Waals surface area contributed by atoms with Crippen molar-refractivity contribution in [2.24, 2.45) is 0 Å². The van der Waals surface area contributed by atoms with Crippen LogP contribution >= 0.6 is 0 Å². The Morgan fingerprint density at radius 3 is 2.72 bits per heavy atom. The fourth-order valence-corrected chi connectivity index (χ4v) is 5.43. The lowest BCUT2D eigenvalue weighted by atomic mass is 10.0. The van der Waals surface area contributed by atoms with Crippen LogP contribution in [-0.4, -0.2) is 97.0 Å². The van der Waals surface area contributed by atoms with Gasteiger partial charge in [0.2, 0.25) is 0 Å². The lowest BCUT2D eigenvalue weighted by molar-refractivity contribution is -0.0418. The zero-order valence-corrected chi connectivity index (χ0v) is 18.8. The summed E-state index contributed by atoms with van der Waals surface area (Å²) >= 11 is 0.